The third kappa shape index (κ3) is 4.94. The summed E-state index contributed by atoms with van der Waals surface area (Å²) < 4.78 is 0. The van der Waals surface area contributed by atoms with Gasteiger partial charge in [-0.25, -0.2) is 0 Å². The Morgan fingerprint density at radius 3 is 2.47 bits per heavy atom. The van der Waals surface area contributed by atoms with E-state index in [4.69, 9.17) is 0 Å². The molecule has 1 aliphatic rings. The fourth-order valence-corrected chi connectivity index (χ4v) is 2.71. The second-order valence-corrected chi connectivity index (χ2v) is 6.96. The quantitative estimate of drug-likeness (QED) is 0.746. The van der Waals surface area contributed by atoms with Crippen LogP contribution in [0.3, 0.4) is 0 Å². The van der Waals surface area contributed by atoms with Crippen molar-refractivity contribution in [1.29, 1.82) is 0 Å². The minimum Gasteiger partial charge on any atom is -0.394 e. The second-order valence-electron chi connectivity index (χ2n) is 6.96. The maximum atomic E-state index is 9.53. The van der Waals surface area contributed by atoms with E-state index in [0.717, 1.165) is 13.0 Å². The Morgan fingerprint density at radius 2 is 2.06 bits per heavy atom. The summed E-state index contributed by atoms with van der Waals surface area (Å²) >= 11 is 0. The summed E-state index contributed by atoms with van der Waals surface area (Å²) in [6.45, 7) is 14.7. The summed E-state index contributed by atoms with van der Waals surface area (Å²) in [6.07, 6.45) is 2.30. The van der Waals surface area contributed by atoms with E-state index in [2.05, 4.69) is 44.8 Å². The van der Waals surface area contributed by atoms with Crippen molar-refractivity contribution in [2.24, 2.45) is 5.41 Å². The standard InChI is InChI=1S/C14H30N2O/c1-12(2)15-14(5,11-17)7-9-16-8-6-13(3,4)10-16/h12,15,17H,6-11H2,1-5H3. The van der Waals surface area contributed by atoms with Crippen LogP contribution in [-0.4, -0.2) is 47.8 Å². The Kier molecular flexibility index (Phi) is 4.99. The lowest BCUT2D eigenvalue weighted by Crippen LogP contribution is -2.50. The van der Waals surface area contributed by atoms with Gasteiger partial charge in [0.05, 0.1) is 6.61 Å². The van der Waals surface area contributed by atoms with Crippen LogP contribution in [0.4, 0.5) is 0 Å². The molecule has 1 atom stereocenters. The molecule has 0 bridgehead atoms. The van der Waals surface area contributed by atoms with Gasteiger partial charge in [0.25, 0.3) is 0 Å². The van der Waals surface area contributed by atoms with Crippen molar-refractivity contribution in [3.63, 3.8) is 0 Å². The molecule has 0 radical (unpaired) electrons. The van der Waals surface area contributed by atoms with Gasteiger partial charge in [-0.05, 0) is 38.3 Å². The van der Waals surface area contributed by atoms with Crippen LogP contribution >= 0.6 is 0 Å². The van der Waals surface area contributed by atoms with Gasteiger partial charge in [0.15, 0.2) is 0 Å². The number of hydrogen-bond donors (Lipinski definition) is 2. The van der Waals surface area contributed by atoms with Gasteiger partial charge in [-0.2, -0.15) is 0 Å². The molecule has 0 spiro atoms. The second kappa shape index (κ2) is 5.68. The van der Waals surface area contributed by atoms with E-state index in [1.165, 1.54) is 19.5 Å². The first-order chi connectivity index (χ1) is 7.76. The largest absolute Gasteiger partial charge is 0.394 e. The van der Waals surface area contributed by atoms with Crippen molar-refractivity contribution in [2.75, 3.05) is 26.2 Å². The number of rotatable bonds is 6. The van der Waals surface area contributed by atoms with Crippen molar-refractivity contribution in [1.82, 2.24) is 10.2 Å². The molecule has 0 aromatic heterocycles. The summed E-state index contributed by atoms with van der Waals surface area (Å²) in [5.41, 5.74) is 0.335. The highest BCUT2D eigenvalue weighted by atomic mass is 16.3. The summed E-state index contributed by atoms with van der Waals surface area (Å²) in [7, 11) is 0. The highest BCUT2D eigenvalue weighted by Gasteiger charge is 2.31. The summed E-state index contributed by atoms with van der Waals surface area (Å²) in [5, 5.41) is 13.0. The zero-order valence-electron chi connectivity index (χ0n) is 12.2. The van der Waals surface area contributed by atoms with Crippen LogP contribution in [0.15, 0.2) is 0 Å². The van der Waals surface area contributed by atoms with Crippen molar-refractivity contribution >= 4 is 0 Å². The topological polar surface area (TPSA) is 35.5 Å². The summed E-state index contributed by atoms with van der Waals surface area (Å²) in [4.78, 5) is 2.52. The first-order valence-electron chi connectivity index (χ1n) is 6.87. The molecule has 0 aromatic carbocycles. The van der Waals surface area contributed by atoms with Gasteiger partial charge in [0.2, 0.25) is 0 Å². The van der Waals surface area contributed by atoms with Crippen LogP contribution in [0.5, 0.6) is 0 Å². The third-order valence-corrected chi connectivity index (χ3v) is 3.72. The van der Waals surface area contributed by atoms with Crippen molar-refractivity contribution in [2.45, 2.75) is 59.0 Å². The monoisotopic (exact) mass is 242 g/mol. The first-order valence-corrected chi connectivity index (χ1v) is 6.87. The van der Waals surface area contributed by atoms with Crippen LogP contribution in [0.2, 0.25) is 0 Å². The molecule has 17 heavy (non-hydrogen) atoms. The van der Waals surface area contributed by atoms with Crippen LogP contribution in [-0.2, 0) is 0 Å². The summed E-state index contributed by atoms with van der Waals surface area (Å²) in [5.74, 6) is 0. The highest BCUT2D eigenvalue weighted by molar-refractivity contribution is 4.88. The fraction of sp³-hybridized carbons (Fsp3) is 1.00. The third-order valence-electron chi connectivity index (χ3n) is 3.72. The number of likely N-dealkylation sites (tertiary alicyclic amines) is 1. The van der Waals surface area contributed by atoms with Crippen molar-refractivity contribution in [3.05, 3.63) is 0 Å². The first kappa shape index (κ1) is 14.9. The average Bonchev–Trinajstić information content (AvgIpc) is 2.54. The molecule has 2 N–H and O–H groups in total. The lowest BCUT2D eigenvalue weighted by molar-refractivity contribution is 0.141. The van der Waals surface area contributed by atoms with E-state index in [-0.39, 0.29) is 12.1 Å². The van der Waals surface area contributed by atoms with Crippen LogP contribution in [0, 0.1) is 5.41 Å². The molecule has 0 aromatic rings. The zero-order valence-corrected chi connectivity index (χ0v) is 12.2. The molecule has 102 valence electrons. The maximum absolute atomic E-state index is 9.53. The Balaban J connectivity index is 2.38. The Hall–Kier alpha value is -0.120. The highest BCUT2D eigenvalue weighted by Crippen LogP contribution is 2.29. The molecule has 1 fully saturated rings. The van der Waals surface area contributed by atoms with E-state index in [1.807, 2.05) is 0 Å². The molecular weight excluding hydrogens is 212 g/mol. The molecule has 0 aliphatic carbocycles. The normalized spacial score (nSPS) is 24.2. The molecule has 1 unspecified atom stereocenters. The van der Waals surface area contributed by atoms with Crippen molar-refractivity contribution < 1.29 is 5.11 Å². The molecule has 1 heterocycles. The SMILES string of the molecule is CC(C)NC(C)(CO)CCN1CCC(C)(C)C1. The average molecular weight is 242 g/mol. The molecule has 3 heteroatoms. The number of nitrogens with zero attached hydrogens (tertiary/aromatic N) is 1. The van der Waals surface area contributed by atoms with Gasteiger partial charge in [-0.1, -0.05) is 27.7 Å². The molecule has 3 nitrogen and oxygen atoms in total. The fourth-order valence-electron chi connectivity index (χ4n) is 2.71. The van der Waals surface area contributed by atoms with Crippen molar-refractivity contribution in [3.8, 4) is 0 Å². The van der Waals surface area contributed by atoms with Gasteiger partial charge in [-0.15, -0.1) is 0 Å². The predicted molar refractivity (Wildman–Crippen MR) is 73.2 cm³/mol. The number of aliphatic hydroxyl groups is 1. The molecule has 1 saturated heterocycles. The van der Waals surface area contributed by atoms with Gasteiger partial charge < -0.3 is 15.3 Å². The molecular formula is C14H30N2O. The Bertz CT molecular complexity index is 240. The molecule has 0 amide bonds. The molecule has 1 aliphatic heterocycles. The maximum Gasteiger partial charge on any atom is 0.0611 e. The van der Waals surface area contributed by atoms with E-state index in [1.54, 1.807) is 0 Å². The van der Waals surface area contributed by atoms with E-state index in [0.29, 0.717) is 11.5 Å². The number of nitrogens with one attached hydrogen (secondary N) is 1. The lowest BCUT2D eigenvalue weighted by atomic mass is 9.93. The van der Waals surface area contributed by atoms with E-state index in [9.17, 15) is 5.11 Å². The minimum atomic E-state index is -0.138. The van der Waals surface area contributed by atoms with Crippen LogP contribution < -0.4 is 5.32 Å². The zero-order chi connectivity index (χ0) is 13.1. The van der Waals surface area contributed by atoms with Gasteiger partial charge in [0.1, 0.15) is 0 Å². The van der Waals surface area contributed by atoms with Crippen LogP contribution in [0.1, 0.15) is 47.5 Å². The van der Waals surface area contributed by atoms with Crippen LogP contribution in [0.25, 0.3) is 0 Å². The van der Waals surface area contributed by atoms with Gasteiger partial charge in [-0.3, -0.25) is 0 Å². The predicted octanol–water partition coefficient (Wildman–Crippen LogP) is 1.86. The number of hydrogen-bond acceptors (Lipinski definition) is 3. The molecule has 1 rings (SSSR count). The van der Waals surface area contributed by atoms with E-state index < -0.39 is 0 Å². The Labute approximate surface area is 107 Å². The lowest BCUT2D eigenvalue weighted by Gasteiger charge is -2.33. The minimum absolute atomic E-state index is 0.138. The van der Waals surface area contributed by atoms with Gasteiger partial charge >= 0.3 is 0 Å². The van der Waals surface area contributed by atoms with E-state index >= 15 is 0 Å². The van der Waals surface area contributed by atoms with Gasteiger partial charge in [0, 0.05) is 18.1 Å². The summed E-state index contributed by atoms with van der Waals surface area (Å²) in [6, 6.07) is 0.419. The Morgan fingerprint density at radius 1 is 1.41 bits per heavy atom. The molecule has 0 saturated carbocycles. The smallest absolute Gasteiger partial charge is 0.0611 e. The number of aliphatic hydroxyl groups excluding tert-OH is 1.